The number of nitrogens with zero attached hydrogens (tertiary/aromatic N) is 1. The van der Waals surface area contributed by atoms with Gasteiger partial charge in [-0.05, 0) is 60.1 Å². The maximum atomic E-state index is 15.3. The van der Waals surface area contributed by atoms with Crippen molar-refractivity contribution in [3.63, 3.8) is 0 Å². The molecule has 0 fully saturated rings. The summed E-state index contributed by atoms with van der Waals surface area (Å²) in [5, 5.41) is 2.50. The van der Waals surface area contributed by atoms with Crippen LogP contribution >= 0.6 is 0 Å². The first-order valence-corrected chi connectivity index (χ1v) is 11.6. The predicted molar refractivity (Wildman–Crippen MR) is 122 cm³/mol. The Balaban J connectivity index is 1.84. The van der Waals surface area contributed by atoms with Crippen molar-refractivity contribution in [2.75, 3.05) is 0 Å². The number of halogens is 1. The number of rotatable bonds is 6. The van der Waals surface area contributed by atoms with Crippen molar-refractivity contribution in [1.29, 1.82) is 0 Å². The van der Waals surface area contributed by atoms with E-state index >= 15 is 4.39 Å². The standard InChI is InChI=1S/C28H31FN/c1-4-7-8-12-21-18-23-24(19-25(21)29)27(5-2)15-16-28(27,6-3)30-17-14-20-11-9-10-13-22(20)26(23)30/h9-11,13-19H,4-8,12H2,1-3H3/q+1. The van der Waals surface area contributed by atoms with Gasteiger partial charge in [0.1, 0.15) is 5.82 Å². The molecule has 0 saturated carbocycles. The molecule has 0 saturated heterocycles. The molecule has 0 amide bonds. The molecule has 0 bridgehead atoms. The normalized spacial score (nSPS) is 23.6. The van der Waals surface area contributed by atoms with Gasteiger partial charge in [-0.15, -0.1) is 0 Å². The zero-order chi connectivity index (χ0) is 20.9. The van der Waals surface area contributed by atoms with Crippen LogP contribution in [-0.2, 0) is 17.4 Å². The van der Waals surface area contributed by atoms with Crippen LogP contribution in [0.25, 0.3) is 22.0 Å². The van der Waals surface area contributed by atoms with Gasteiger partial charge in [0.05, 0.1) is 16.4 Å². The van der Waals surface area contributed by atoms with Crippen molar-refractivity contribution in [1.82, 2.24) is 0 Å². The van der Waals surface area contributed by atoms with Gasteiger partial charge in [-0.2, -0.15) is 4.57 Å². The Bertz CT molecular complexity index is 1160. The molecule has 30 heavy (non-hydrogen) atoms. The number of hydrogen-bond donors (Lipinski definition) is 0. The Kier molecular flexibility index (Phi) is 4.57. The number of aryl methyl sites for hydroxylation is 1. The van der Waals surface area contributed by atoms with Crippen LogP contribution in [0.2, 0.25) is 0 Å². The Morgan fingerprint density at radius 2 is 1.77 bits per heavy atom. The summed E-state index contributed by atoms with van der Waals surface area (Å²) in [6, 6.07) is 14.9. The van der Waals surface area contributed by atoms with Crippen LogP contribution in [0.1, 0.15) is 64.0 Å². The molecule has 0 radical (unpaired) electrons. The summed E-state index contributed by atoms with van der Waals surface area (Å²) >= 11 is 0. The van der Waals surface area contributed by atoms with Crippen LogP contribution in [0.4, 0.5) is 4.39 Å². The molecule has 0 spiro atoms. The minimum atomic E-state index is -0.139. The summed E-state index contributed by atoms with van der Waals surface area (Å²) in [5.74, 6) is -0.0309. The number of unbranched alkanes of at least 4 members (excludes halogenated alkanes) is 2. The highest BCUT2D eigenvalue weighted by Crippen LogP contribution is 2.57. The molecule has 2 heteroatoms. The third-order valence-electron chi connectivity index (χ3n) is 7.77. The van der Waals surface area contributed by atoms with Gasteiger partial charge in [-0.3, -0.25) is 0 Å². The first-order chi connectivity index (χ1) is 14.6. The van der Waals surface area contributed by atoms with Crippen LogP contribution in [0.15, 0.2) is 60.8 Å². The fraction of sp³-hybridized carbons (Fsp3) is 0.393. The Morgan fingerprint density at radius 1 is 0.933 bits per heavy atom. The van der Waals surface area contributed by atoms with Crippen LogP contribution in [0.3, 0.4) is 0 Å². The molecule has 1 aliphatic heterocycles. The molecule has 2 aliphatic rings. The van der Waals surface area contributed by atoms with E-state index in [0.29, 0.717) is 0 Å². The molecule has 5 rings (SSSR count). The van der Waals surface area contributed by atoms with E-state index in [0.717, 1.165) is 44.1 Å². The molecular formula is C28H31FN+. The molecular weight excluding hydrogens is 369 g/mol. The van der Waals surface area contributed by atoms with Crippen molar-refractivity contribution in [3.05, 3.63) is 77.8 Å². The summed E-state index contributed by atoms with van der Waals surface area (Å²) < 4.78 is 17.8. The molecule has 1 nitrogen and oxygen atoms in total. The molecule has 154 valence electrons. The lowest BCUT2D eigenvalue weighted by Crippen LogP contribution is -2.72. The maximum Gasteiger partial charge on any atom is 0.221 e. The fourth-order valence-corrected chi connectivity index (χ4v) is 6.08. The Hall–Kier alpha value is -2.48. The lowest BCUT2D eigenvalue weighted by atomic mass is 9.52. The molecule has 0 N–H and O–H groups in total. The summed E-state index contributed by atoms with van der Waals surface area (Å²) in [6.07, 6.45) is 13.1. The molecule has 2 heterocycles. The van der Waals surface area contributed by atoms with Crippen molar-refractivity contribution >= 4 is 10.8 Å². The molecule has 2 aromatic carbocycles. The smallest absolute Gasteiger partial charge is 0.207 e. The molecule has 3 aromatic rings. The number of fused-ring (bicyclic) bond motifs is 8. The van der Waals surface area contributed by atoms with Gasteiger partial charge >= 0.3 is 0 Å². The van der Waals surface area contributed by atoms with E-state index in [9.17, 15) is 0 Å². The monoisotopic (exact) mass is 400 g/mol. The number of hydrogen-bond acceptors (Lipinski definition) is 0. The van der Waals surface area contributed by atoms with Gasteiger partial charge in [0.15, 0.2) is 11.7 Å². The van der Waals surface area contributed by atoms with Crippen LogP contribution < -0.4 is 4.57 Å². The average molecular weight is 401 g/mol. The summed E-state index contributed by atoms with van der Waals surface area (Å²) in [7, 11) is 0. The van der Waals surface area contributed by atoms with Gasteiger partial charge in [-0.25, -0.2) is 4.39 Å². The first-order valence-electron chi connectivity index (χ1n) is 11.6. The topological polar surface area (TPSA) is 3.88 Å². The number of allylic oxidation sites excluding steroid dienone is 2. The lowest BCUT2D eigenvalue weighted by molar-refractivity contribution is -0.758. The number of pyridine rings is 1. The third-order valence-corrected chi connectivity index (χ3v) is 7.77. The summed E-state index contributed by atoms with van der Waals surface area (Å²) in [5.41, 5.74) is 4.23. The van der Waals surface area contributed by atoms with Gasteiger partial charge in [0, 0.05) is 12.5 Å². The number of benzene rings is 2. The second-order valence-corrected chi connectivity index (χ2v) is 9.00. The van der Waals surface area contributed by atoms with Crippen molar-refractivity contribution in [3.8, 4) is 11.3 Å². The van der Waals surface area contributed by atoms with Crippen molar-refractivity contribution in [2.24, 2.45) is 0 Å². The maximum absolute atomic E-state index is 15.3. The van der Waals surface area contributed by atoms with E-state index < -0.39 is 0 Å². The highest BCUT2D eigenvalue weighted by atomic mass is 19.1. The third kappa shape index (κ3) is 2.37. The van der Waals surface area contributed by atoms with Gasteiger partial charge in [0.25, 0.3) is 0 Å². The largest absolute Gasteiger partial charge is 0.221 e. The van der Waals surface area contributed by atoms with E-state index in [1.165, 1.54) is 27.6 Å². The fourth-order valence-electron chi connectivity index (χ4n) is 6.08. The Labute approximate surface area is 179 Å². The van der Waals surface area contributed by atoms with Crippen LogP contribution in [0, 0.1) is 5.82 Å². The highest BCUT2D eigenvalue weighted by Gasteiger charge is 2.64. The van der Waals surface area contributed by atoms with E-state index in [1.807, 2.05) is 6.07 Å². The minimum Gasteiger partial charge on any atom is -0.207 e. The van der Waals surface area contributed by atoms with Crippen molar-refractivity contribution < 1.29 is 8.96 Å². The van der Waals surface area contributed by atoms with Crippen LogP contribution in [0.5, 0.6) is 0 Å². The minimum absolute atomic E-state index is 0.0309. The zero-order valence-corrected chi connectivity index (χ0v) is 18.3. The zero-order valence-electron chi connectivity index (χ0n) is 18.3. The Morgan fingerprint density at radius 3 is 2.47 bits per heavy atom. The van der Waals surface area contributed by atoms with E-state index in [1.54, 1.807) is 0 Å². The van der Waals surface area contributed by atoms with E-state index in [4.69, 9.17) is 0 Å². The first kappa shape index (κ1) is 19.5. The molecule has 1 aliphatic carbocycles. The van der Waals surface area contributed by atoms with Gasteiger partial charge in [-0.1, -0.05) is 57.9 Å². The molecule has 2 atom stereocenters. The average Bonchev–Trinajstić information content (AvgIpc) is 2.75. The number of aromatic nitrogens is 1. The summed E-state index contributed by atoms with van der Waals surface area (Å²) in [6.45, 7) is 6.71. The van der Waals surface area contributed by atoms with Gasteiger partial charge in [0.2, 0.25) is 5.69 Å². The summed E-state index contributed by atoms with van der Waals surface area (Å²) in [4.78, 5) is 0. The molecule has 1 aromatic heterocycles. The van der Waals surface area contributed by atoms with Crippen LogP contribution in [-0.4, -0.2) is 0 Å². The second-order valence-electron chi connectivity index (χ2n) is 9.00. The van der Waals surface area contributed by atoms with E-state index in [2.05, 4.69) is 80.1 Å². The lowest BCUT2D eigenvalue weighted by Gasteiger charge is -2.52. The SMILES string of the molecule is CCCCCc1cc2c(cc1F)C1(CC)C=CC1(CC)[n+]1ccc3ccccc3c1-2. The highest BCUT2D eigenvalue weighted by molar-refractivity contribution is 5.94. The van der Waals surface area contributed by atoms with Gasteiger partial charge < -0.3 is 0 Å². The van der Waals surface area contributed by atoms with E-state index in [-0.39, 0.29) is 16.8 Å². The second kappa shape index (κ2) is 7.04. The quantitative estimate of drug-likeness (QED) is 0.238. The predicted octanol–water partition coefficient (Wildman–Crippen LogP) is 7.00. The molecule has 2 unspecified atom stereocenters. The van der Waals surface area contributed by atoms with Crippen molar-refractivity contribution in [2.45, 2.75) is 70.3 Å².